The molecule has 0 unspecified atom stereocenters. The van der Waals surface area contributed by atoms with Crippen LogP contribution in [0.2, 0.25) is 0 Å². The predicted molar refractivity (Wildman–Crippen MR) is 74.1 cm³/mol. The van der Waals surface area contributed by atoms with Gasteiger partial charge in [-0.25, -0.2) is 9.18 Å². The molecule has 7 heteroatoms. The van der Waals surface area contributed by atoms with Gasteiger partial charge >= 0.3 is 5.97 Å². The van der Waals surface area contributed by atoms with Crippen molar-refractivity contribution in [2.24, 2.45) is 0 Å². The highest BCUT2D eigenvalue weighted by molar-refractivity contribution is 5.89. The summed E-state index contributed by atoms with van der Waals surface area (Å²) >= 11 is 0. The molecule has 0 aliphatic carbocycles. The first-order chi connectivity index (χ1) is 10.6. The third kappa shape index (κ3) is 3.61. The zero-order valence-electron chi connectivity index (χ0n) is 12.3. The van der Waals surface area contributed by atoms with Crippen molar-refractivity contribution in [1.29, 1.82) is 0 Å². The zero-order valence-corrected chi connectivity index (χ0v) is 12.3. The molecule has 1 saturated heterocycles. The molecule has 0 aromatic heterocycles. The highest BCUT2D eigenvalue weighted by Crippen LogP contribution is 2.27. The average molecular weight is 314 g/mol. The van der Waals surface area contributed by atoms with Gasteiger partial charge in [0.2, 0.25) is 6.36 Å². The number of methoxy groups -OCH3 is 2. The lowest BCUT2D eigenvalue weighted by Gasteiger charge is -2.40. The van der Waals surface area contributed by atoms with Gasteiger partial charge in [-0.3, -0.25) is 0 Å². The van der Waals surface area contributed by atoms with Crippen molar-refractivity contribution in [3.63, 3.8) is 0 Å². The average Bonchev–Trinajstić information content (AvgIpc) is 2.52. The number of halogens is 1. The van der Waals surface area contributed by atoms with E-state index in [2.05, 4.69) is 0 Å². The third-order valence-corrected chi connectivity index (χ3v) is 3.46. The van der Waals surface area contributed by atoms with E-state index in [1.165, 1.54) is 26.4 Å². The molecule has 0 saturated carbocycles. The maximum atomic E-state index is 14.1. The van der Waals surface area contributed by atoms with Crippen molar-refractivity contribution >= 4 is 5.97 Å². The minimum absolute atomic E-state index is 0.0509. The lowest BCUT2D eigenvalue weighted by molar-refractivity contribution is -0.268. The Morgan fingerprint density at radius 1 is 1.27 bits per heavy atom. The van der Waals surface area contributed by atoms with Gasteiger partial charge < -0.3 is 24.1 Å². The van der Waals surface area contributed by atoms with Gasteiger partial charge in [0.05, 0.1) is 12.2 Å². The largest absolute Gasteiger partial charge is 0.450 e. The minimum Gasteiger partial charge on any atom is -0.450 e. The molecular weight excluding hydrogens is 295 g/mol. The lowest BCUT2D eigenvalue weighted by atomic mass is 9.99. The van der Waals surface area contributed by atoms with Crippen LogP contribution in [0.5, 0.6) is 0 Å². The molecule has 1 aromatic carbocycles. The summed E-state index contributed by atoms with van der Waals surface area (Å²) in [6, 6.07) is 8.12. The van der Waals surface area contributed by atoms with Crippen molar-refractivity contribution in [1.82, 2.24) is 0 Å². The maximum absolute atomic E-state index is 14.1. The number of carbonyl (C=O) groups excluding carboxylic acids is 1. The maximum Gasteiger partial charge on any atom is 0.338 e. The van der Waals surface area contributed by atoms with Crippen LogP contribution in [0.4, 0.5) is 4.39 Å². The Bertz CT molecular complexity index is 482. The van der Waals surface area contributed by atoms with Crippen molar-refractivity contribution in [3.05, 3.63) is 35.9 Å². The summed E-state index contributed by atoms with van der Waals surface area (Å²) in [4.78, 5) is 12.0. The van der Waals surface area contributed by atoms with Gasteiger partial charge in [-0.1, -0.05) is 18.2 Å². The van der Waals surface area contributed by atoms with E-state index in [-0.39, 0.29) is 12.2 Å². The van der Waals surface area contributed by atoms with E-state index in [0.717, 1.165) is 0 Å². The quantitative estimate of drug-likeness (QED) is 0.815. The monoisotopic (exact) mass is 314 g/mol. The second-order valence-corrected chi connectivity index (χ2v) is 4.91. The molecule has 0 spiro atoms. The van der Waals surface area contributed by atoms with Crippen molar-refractivity contribution < 1.29 is 33.2 Å². The molecule has 1 N–H and O–H groups in total. The Morgan fingerprint density at radius 3 is 2.55 bits per heavy atom. The molecule has 6 nitrogen and oxygen atoms in total. The first-order valence-corrected chi connectivity index (χ1v) is 6.83. The number of hydrogen-bond donors (Lipinski definition) is 1. The van der Waals surface area contributed by atoms with Crippen LogP contribution in [0.1, 0.15) is 10.4 Å². The van der Waals surface area contributed by atoms with Crippen LogP contribution in [-0.4, -0.2) is 62.7 Å². The number of hydrogen-bond acceptors (Lipinski definition) is 6. The number of rotatable bonds is 5. The van der Waals surface area contributed by atoms with Crippen molar-refractivity contribution in [2.75, 3.05) is 20.8 Å². The van der Waals surface area contributed by atoms with Crippen LogP contribution >= 0.6 is 0 Å². The standard InChI is InChI=1S/C15H19FO6/c1-19-8-10-12(20-2)11(17)13(14(16)21-10)22-15(18)9-6-4-3-5-7-9/h3-7,10-14,17H,8H2,1-2H3/t10-,11+,12-,13+,14+/m1/s1. The van der Waals surface area contributed by atoms with Gasteiger partial charge in [-0.05, 0) is 12.1 Å². The fourth-order valence-corrected chi connectivity index (χ4v) is 2.36. The van der Waals surface area contributed by atoms with Gasteiger partial charge in [0, 0.05) is 14.2 Å². The molecule has 0 amide bonds. The molecule has 122 valence electrons. The highest BCUT2D eigenvalue weighted by Gasteiger charge is 2.48. The Labute approximate surface area is 127 Å². The number of aliphatic hydroxyl groups is 1. The SMILES string of the molecule is COC[C@H]1O[C@H](F)[C@@H](OC(=O)c2ccccc2)[C@@H](O)[C@@H]1OC. The summed E-state index contributed by atoms with van der Waals surface area (Å²) in [7, 11) is 2.78. The number of benzene rings is 1. The van der Waals surface area contributed by atoms with E-state index in [9.17, 15) is 14.3 Å². The van der Waals surface area contributed by atoms with E-state index in [0.29, 0.717) is 0 Å². The summed E-state index contributed by atoms with van der Waals surface area (Å²) in [5.41, 5.74) is 0.259. The third-order valence-electron chi connectivity index (χ3n) is 3.46. The first kappa shape index (κ1) is 16.8. The molecule has 1 aliphatic heterocycles. The molecule has 5 atom stereocenters. The summed E-state index contributed by atoms with van der Waals surface area (Å²) in [6.45, 7) is 0.0509. The molecule has 0 bridgehead atoms. The summed E-state index contributed by atoms with van der Waals surface area (Å²) < 4.78 is 34.3. The van der Waals surface area contributed by atoms with Crippen molar-refractivity contribution in [2.45, 2.75) is 30.8 Å². The number of aliphatic hydroxyl groups excluding tert-OH is 1. The molecule has 1 aliphatic rings. The number of ether oxygens (including phenoxy) is 4. The lowest BCUT2D eigenvalue weighted by Crippen LogP contribution is -2.59. The predicted octanol–water partition coefficient (Wildman–Crippen LogP) is 0.929. The fourth-order valence-electron chi connectivity index (χ4n) is 2.36. The van der Waals surface area contributed by atoms with Crippen LogP contribution in [0.15, 0.2) is 30.3 Å². The molecule has 22 heavy (non-hydrogen) atoms. The van der Waals surface area contributed by atoms with E-state index in [1.54, 1.807) is 18.2 Å². The fraction of sp³-hybridized carbons (Fsp3) is 0.533. The van der Waals surface area contributed by atoms with Crippen LogP contribution in [0.25, 0.3) is 0 Å². The van der Waals surface area contributed by atoms with Gasteiger partial charge in [0.15, 0.2) is 6.10 Å². The number of esters is 1. The molecular formula is C15H19FO6. The second kappa shape index (κ2) is 7.64. The van der Waals surface area contributed by atoms with Gasteiger partial charge in [0.1, 0.15) is 18.3 Å². The highest BCUT2D eigenvalue weighted by atomic mass is 19.1. The van der Waals surface area contributed by atoms with Crippen LogP contribution in [0, 0.1) is 0 Å². The zero-order chi connectivity index (χ0) is 16.1. The smallest absolute Gasteiger partial charge is 0.338 e. The number of alkyl halides is 1. The molecule has 0 radical (unpaired) electrons. The van der Waals surface area contributed by atoms with E-state index in [1.807, 2.05) is 0 Å². The summed E-state index contributed by atoms with van der Waals surface area (Å²) in [6.07, 6.45) is -6.44. The van der Waals surface area contributed by atoms with E-state index < -0.39 is 36.7 Å². The normalized spacial score (nSPS) is 31.7. The molecule has 1 aromatic rings. The Hall–Kier alpha value is -1.54. The summed E-state index contributed by atoms with van der Waals surface area (Å²) in [5, 5.41) is 10.2. The van der Waals surface area contributed by atoms with Crippen LogP contribution in [-0.2, 0) is 18.9 Å². The van der Waals surface area contributed by atoms with Gasteiger partial charge in [0.25, 0.3) is 0 Å². The van der Waals surface area contributed by atoms with Gasteiger partial charge in [-0.2, -0.15) is 0 Å². The first-order valence-electron chi connectivity index (χ1n) is 6.83. The molecule has 1 heterocycles. The Morgan fingerprint density at radius 2 is 1.95 bits per heavy atom. The van der Waals surface area contributed by atoms with E-state index in [4.69, 9.17) is 18.9 Å². The van der Waals surface area contributed by atoms with Crippen molar-refractivity contribution in [3.8, 4) is 0 Å². The summed E-state index contributed by atoms with van der Waals surface area (Å²) in [5.74, 6) is -0.740. The Balaban J connectivity index is 2.08. The van der Waals surface area contributed by atoms with Gasteiger partial charge in [-0.15, -0.1) is 0 Å². The Kier molecular flexibility index (Phi) is 5.84. The topological polar surface area (TPSA) is 74.2 Å². The van der Waals surface area contributed by atoms with Crippen LogP contribution in [0.3, 0.4) is 0 Å². The minimum atomic E-state index is -1.96. The molecule has 2 rings (SSSR count). The second-order valence-electron chi connectivity index (χ2n) is 4.91. The van der Waals surface area contributed by atoms with E-state index >= 15 is 0 Å². The number of carbonyl (C=O) groups is 1. The molecule has 1 fully saturated rings. The van der Waals surface area contributed by atoms with Crippen LogP contribution < -0.4 is 0 Å².